The van der Waals surface area contributed by atoms with Crippen LogP contribution in [-0.4, -0.2) is 88.1 Å². The van der Waals surface area contributed by atoms with Crippen molar-refractivity contribution in [3.63, 3.8) is 0 Å². The highest BCUT2D eigenvalue weighted by Gasteiger charge is 2.16. The molecule has 1 saturated heterocycles. The van der Waals surface area contributed by atoms with Crippen molar-refractivity contribution in [3.05, 3.63) is 0 Å². The third-order valence-electron chi connectivity index (χ3n) is 3.55. The SMILES string of the molecule is CCNCCOCCN1CCN(CCOC(C)C)CC1. The zero-order chi connectivity index (χ0) is 14.6. The van der Waals surface area contributed by atoms with E-state index in [-0.39, 0.29) is 0 Å². The highest BCUT2D eigenvalue weighted by molar-refractivity contribution is 4.71. The molecule has 0 saturated carbocycles. The number of piperazine rings is 1. The van der Waals surface area contributed by atoms with Crippen molar-refractivity contribution < 1.29 is 9.47 Å². The normalized spacial score (nSPS) is 18.0. The van der Waals surface area contributed by atoms with Crippen molar-refractivity contribution in [2.75, 3.05) is 72.2 Å². The average Bonchev–Trinajstić information content (AvgIpc) is 2.44. The quantitative estimate of drug-likeness (QED) is 0.565. The number of nitrogens with zero attached hydrogens (tertiary/aromatic N) is 2. The van der Waals surface area contributed by atoms with E-state index in [9.17, 15) is 0 Å². The minimum atomic E-state index is 0.343. The van der Waals surface area contributed by atoms with Crippen LogP contribution in [0, 0.1) is 0 Å². The fourth-order valence-corrected chi connectivity index (χ4v) is 2.27. The Morgan fingerprint density at radius 3 is 2.10 bits per heavy atom. The number of hydrogen-bond acceptors (Lipinski definition) is 5. The number of ether oxygens (including phenoxy) is 2. The van der Waals surface area contributed by atoms with Gasteiger partial charge in [0.1, 0.15) is 0 Å². The van der Waals surface area contributed by atoms with Gasteiger partial charge in [-0.1, -0.05) is 6.92 Å². The zero-order valence-electron chi connectivity index (χ0n) is 13.6. The van der Waals surface area contributed by atoms with Crippen LogP contribution in [0.2, 0.25) is 0 Å². The molecule has 1 heterocycles. The summed E-state index contributed by atoms with van der Waals surface area (Å²) in [5, 5.41) is 3.26. The van der Waals surface area contributed by atoms with E-state index in [0.29, 0.717) is 6.10 Å². The molecule has 5 nitrogen and oxygen atoms in total. The Morgan fingerprint density at radius 2 is 1.55 bits per heavy atom. The lowest BCUT2D eigenvalue weighted by Crippen LogP contribution is -2.48. The first kappa shape index (κ1) is 17.9. The molecule has 0 spiro atoms. The van der Waals surface area contributed by atoms with Gasteiger partial charge in [0.2, 0.25) is 0 Å². The van der Waals surface area contributed by atoms with Crippen LogP contribution in [0.5, 0.6) is 0 Å². The van der Waals surface area contributed by atoms with E-state index in [0.717, 1.165) is 72.2 Å². The van der Waals surface area contributed by atoms with Gasteiger partial charge < -0.3 is 14.8 Å². The van der Waals surface area contributed by atoms with Crippen molar-refractivity contribution in [3.8, 4) is 0 Å². The van der Waals surface area contributed by atoms with Crippen LogP contribution in [0.4, 0.5) is 0 Å². The van der Waals surface area contributed by atoms with E-state index >= 15 is 0 Å². The Labute approximate surface area is 124 Å². The first-order chi connectivity index (χ1) is 9.72. The van der Waals surface area contributed by atoms with Crippen molar-refractivity contribution in [2.24, 2.45) is 0 Å². The molecule has 0 aromatic rings. The second kappa shape index (κ2) is 11.5. The molecule has 1 fully saturated rings. The van der Waals surface area contributed by atoms with Gasteiger partial charge in [-0.15, -0.1) is 0 Å². The fraction of sp³-hybridized carbons (Fsp3) is 1.00. The smallest absolute Gasteiger partial charge is 0.0596 e. The van der Waals surface area contributed by atoms with Gasteiger partial charge in [0.05, 0.1) is 25.9 Å². The summed E-state index contributed by atoms with van der Waals surface area (Å²) in [6.07, 6.45) is 0.343. The van der Waals surface area contributed by atoms with Gasteiger partial charge in [-0.3, -0.25) is 9.80 Å². The second-order valence-electron chi connectivity index (χ2n) is 5.57. The Bertz CT molecular complexity index is 219. The molecule has 1 rings (SSSR count). The van der Waals surface area contributed by atoms with Crippen LogP contribution in [0.25, 0.3) is 0 Å². The highest BCUT2D eigenvalue weighted by Crippen LogP contribution is 2.01. The van der Waals surface area contributed by atoms with Crippen LogP contribution < -0.4 is 5.32 Å². The lowest BCUT2D eigenvalue weighted by Gasteiger charge is -2.34. The molecule has 1 aliphatic rings. The molecule has 0 atom stereocenters. The van der Waals surface area contributed by atoms with Crippen LogP contribution in [0.15, 0.2) is 0 Å². The lowest BCUT2D eigenvalue weighted by atomic mass is 10.3. The number of nitrogens with one attached hydrogen (secondary N) is 1. The maximum absolute atomic E-state index is 5.62. The molecule has 0 bridgehead atoms. The van der Waals surface area contributed by atoms with Crippen LogP contribution in [-0.2, 0) is 9.47 Å². The molecule has 0 unspecified atom stereocenters. The first-order valence-electron chi connectivity index (χ1n) is 8.07. The molecular formula is C15H33N3O2. The fourth-order valence-electron chi connectivity index (χ4n) is 2.27. The second-order valence-corrected chi connectivity index (χ2v) is 5.57. The molecule has 0 amide bonds. The Balaban J connectivity index is 1.93. The number of rotatable bonds is 11. The lowest BCUT2D eigenvalue weighted by molar-refractivity contribution is 0.0378. The third kappa shape index (κ3) is 8.87. The van der Waals surface area contributed by atoms with Crippen LogP contribution >= 0.6 is 0 Å². The first-order valence-corrected chi connectivity index (χ1v) is 8.07. The molecule has 0 aliphatic carbocycles. The molecule has 0 aromatic heterocycles. The van der Waals surface area contributed by atoms with Gasteiger partial charge in [0.25, 0.3) is 0 Å². The van der Waals surface area contributed by atoms with Crippen molar-refractivity contribution in [1.82, 2.24) is 15.1 Å². The summed E-state index contributed by atoms with van der Waals surface area (Å²) in [7, 11) is 0. The average molecular weight is 287 g/mol. The van der Waals surface area contributed by atoms with Crippen molar-refractivity contribution in [2.45, 2.75) is 26.9 Å². The Hall–Kier alpha value is -0.200. The van der Waals surface area contributed by atoms with Crippen LogP contribution in [0.1, 0.15) is 20.8 Å². The van der Waals surface area contributed by atoms with E-state index in [2.05, 4.69) is 35.9 Å². The topological polar surface area (TPSA) is 37.0 Å². The highest BCUT2D eigenvalue weighted by atomic mass is 16.5. The molecule has 5 heteroatoms. The molecule has 20 heavy (non-hydrogen) atoms. The predicted octanol–water partition coefficient (Wildman–Crippen LogP) is 0.655. The van der Waals surface area contributed by atoms with E-state index in [1.807, 2.05) is 0 Å². The van der Waals surface area contributed by atoms with E-state index < -0.39 is 0 Å². The van der Waals surface area contributed by atoms with Gasteiger partial charge >= 0.3 is 0 Å². The van der Waals surface area contributed by atoms with Crippen LogP contribution in [0.3, 0.4) is 0 Å². The predicted molar refractivity (Wildman–Crippen MR) is 83.3 cm³/mol. The van der Waals surface area contributed by atoms with Gasteiger partial charge in [0, 0.05) is 45.8 Å². The zero-order valence-corrected chi connectivity index (χ0v) is 13.6. The molecule has 0 radical (unpaired) electrons. The summed E-state index contributed by atoms with van der Waals surface area (Å²) >= 11 is 0. The standard InChI is InChI=1S/C15H33N3O2/c1-4-16-5-12-19-13-10-17-6-8-18(9-7-17)11-14-20-15(2)3/h15-16H,4-14H2,1-3H3. The number of hydrogen-bond donors (Lipinski definition) is 1. The summed E-state index contributed by atoms with van der Waals surface area (Å²) in [4.78, 5) is 4.98. The van der Waals surface area contributed by atoms with Gasteiger partial charge in [-0.2, -0.15) is 0 Å². The molecule has 0 aromatic carbocycles. The monoisotopic (exact) mass is 287 g/mol. The van der Waals surface area contributed by atoms with Crippen molar-refractivity contribution >= 4 is 0 Å². The van der Waals surface area contributed by atoms with E-state index in [4.69, 9.17) is 9.47 Å². The summed E-state index contributed by atoms with van der Waals surface area (Å²) in [6, 6.07) is 0. The van der Waals surface area contributed by atoms with Gasteiger partial charge in [-0.05, 0) is 20.4 Å². The molecule has 1 N–H and O–H groups in total. The molecule has 1 aliphatic heterocycles. The van der Waals surface area contributed by atoms with Gasteiger partial charge in [0.15, 0.2) is 0 Å². The van der Waals surface area contributed by atoms with E-state index in [1.165, 1.54) is 0 Å². The summed E-state index contributed by atoms with van der Waals surface area (Å²) in [5.74, 6) is 0. The maximum Gasteiger partial charge on any atom is 0.0596 e. The summed E-state index contributed by atoms with van der Waals surface area (Å²) < 4.78 is 11.2. The minimum absolute atomic E-state index is 0.343. The minimum Gasteiger partial charge on any atom is -0.379 e. The summed E-state index contributed by atoms with van der Waals surface area (Å²) in [6.45, 7) is 17.5. The summed E-state index contributed by atoms with van der Waals surface area (Å²) in [5.41, 5.74) is 0. The Morgan fingerprint density at radius 1 is 0.950 bits per heavy atom. The third-order valence-corrected chi connectivity index (χ3v) is 3.55. The molecular weight excluding hydrogens is 254 g/mol. The maximum atomic E-state index is 5.62. The van der Waals surface area contributed by atoms with Crippen molar-refractivity contribution in [1.29, 1.82) is 0 Å². The van der Waals surface area contributed by atoms with Gasteiger partial charge in [-0.25, -0.2) is 0 Å². The van der Waals surface area contributed by atoms with E-state index in [1.54, 1.807) is 0 Å². The largest absolute Gasteiger partial charge is 0.379 e. The molecule has 120 valence electrons. The Kier molecular flexibility index (Phi) is 10.2. The number of likely N-dealkylation sites (N-methyl/N-ethyl adjacent to an activating group) is 1.